The van der Waals surface area contributed by atoms with Crippen LogP contribution in [0.15, 0.2) is 0 Å². The highest BCUT2D eigenvalue weighted by Crippen LogP contribution is 1.96. The molecule has 0 aromatic rings. The minimum atomic E-state index is -0.600. The maximum Gasteiger partial charge on any atom is 0.0360 e. The zero-order valence-corrected chi connectivity index (χ0v) is 9.95. The van der Waals surface area contributed by atoms with Crippen LogP contribution in [0.5, 0.6) is 0 Å². The summed E-state index contributed by atoms with van der Waals surface area (Å²) in [6.45, 7) is 7.28. The van der Waals surface area contributed by atoms with Crippen molar-refractivity contribution in [3.05, 3.63) is 0 Å². The van der Waals surface area contributed by atoms with Gasteiger partial charge in [0.2, 0.25) is 0 Å². The van der Waals surface area contributed by atoms with E-state index in [1.165, 1.54) is 12.8 Å². The first kappa shape index (κ1) is 13.1. The molecule has 1 N–H and O–H groups in total. The van der Waals surface area contributed by atoms with Gasteiger partial charge in [0, 0.05) is 34.9 Å². The fourth-order valence-electron chi connectivity index (χ4n) is 1.08. The average Bonchev–Trinajstić information content (AvgIpc) is 2.04. The topological polar surface area (TPSA) is 29.1 Å². The Hall–Kier alpha value is 0.110. The third-order valence-corrected chi connectivity index (χ3v) is 3.26. The normalized spacial score (nSPS) is 13.5. The SMILES string of the molecule is CCCCCS(=O)CCNC(C)C. The third-order valence-electron chi connectivity index (χ3n) is 1.86. The van der Waals surface area contributed by atoms with Crippen LogP contribution in [0, 0.1) is 0 Å². The molecule has 2 nitrogen and oxygen atoms in total. The lowest BCUT2D eigenvalue weighted by molar-refractivity contribution is 0.609. The van der Waals surface area contributed by atoms with E-state index in [4.69, 9.17) is 0 Å². The van der Waals surface area contributed by atoms with Crippen molar-refractivity contribution in [3.8, 4) is 0 Å². The lowest BCUT2D eigenvalue weighted by Gasteiger charge is -2.07. The molecule has 1 unspecified atom stereocenters. The lowest BCUT2D eigenvalue weighted by atomic mass is 10.3. The van der Waals surface area contributed by atoms with Crippen LogP contribution in [-0.4, -0.2) is 28.3 Å². The van der Waals surface area contributed by atoms with Crippen molar-refractivity contribution >= 4 is 10.8 Å². The predicted molar refractivity (Wildman–Crippen MR) is 60.5 cm³/mol. The number of hydrogen-bond donors (Lipinski definition) is 1. The van der Waals surface area contributed by atoms with Gasteiger partial charge in [-0.25, -0.2) is 0 Å². The fourth-order valence-corrected chi connectivity index (χ4v) is 2.15. The molecule has 0 radical (unpaired) electrons. The highest BCUT2D eigenvalue weighted by molar-refractivity contribution is 7.84. The first-order valence-corrected chi connectivity index (χ1v) is 6.74. The molecule has 13 heavy (non-hydrogen) atoms. The summed E-state index contributed by atoms with van der Waals surface area (Å²) >= 11 is 0. The zero-order valence-electron chi connectivity index (χ0n) is 9.14. The molecule has 0 amide bonds. The van der Waals surface area contributed by atoms with Crippen LogP contribution < -0.4 is 5.32 Å². The van der Waals surface area contributed by atoms with Gasteiger partial charge >= 0.3 is 0 Å². The average molecular weight is 205 g/mol. The molecule has 0 aliphatic rings. The smallest absolute Gasteiger partial charge is 0.0360 e. The van der Waals surface area contributed by atoms with E-state index in [1.54, 1.807) is 0 Å². The van der Waals surface area contributed by atoms with Gasteiger partial charge in [-0.05, 0) is 6.42 Å². The molecule has 0 aromatic heterocycles. The van der Waals surface area contributed by atoms with Crippen molar-refractivity contribution in [3.63, 3.8) is 0 Å². The molecule has 0 saturated heterocycles. The van der Waals surface area contributed by atoms with Crippen LogP contribution in [0.25, 0.3) is 0 Å². The summed E-state index contributed by atoms with van der Waals surface area (Å²) in [4.78, 5) is 0. The van der Waals surface area contributed by atoms with Crippen LogP contribution in [0.3, 0.4) is 0 Å². The van der Waals surface area contributed by atoms with E-state index in [-0.39, 0.29) is 0 Å². The second kappa shape index (κ2) is 8.70. The molecule has 80 valence electrons. The Labute approximate surface area is 84.9 Å². The first-order valence-electron chi connectivity index (χ1n) is 5.25. The highest BCUT2D eigenvalue weighted by Gasteiger charge is 1.99. The molecule has 0 heterocycles. The Kier molecular flexibility index (Phi) is 8.77. The van der Waals surface area contributed by atoms with E-state index >= 15 is 0 Å². The van der Waals surface area contributed by atoms with Gasteiger partial charge in [-0.2, -0.15) is 0 Å². The maximum absolute atomic E-state index is 11.4. The van der Waals surface area contributed by atoms with Crippen molar-refractivity contribution in [2.45, 2.75) is 46.1 Å². The number of rotatable bonds is 8. The molecular weight excluding hydrogens is 182 g/mol. The van der Waals surface area contributed by atoms with E-state index in [1.807, 2.05) is 0 Å². The van der Waals surface area contributed by atoms with Crippen LogP contribution in [0.2, 0.25) is 0 Å². The second-order valence-electron chi connectivity index (χ2n) is 3.66. The number of unbranched alkanes of at least 4 members (excludes halogenated alkanes) is 2. The van der Waals surface area contributed by atoms with E-state index < -0.39 is 10.8 Å². The monoisotopic (exact) mass is 205 g/mol. The number of nitrogens with one attached hydrogen (secondary N) is 1. The van der Waals surface area contributed by atoms with Crippen LogP contribution >= 0.6 is 0 Å². The van der Waals surface area contributed by atoms with Gasteiger partial charge in [-0.1, -0.05) is 33.6 Å². The number of hydrogen-bond acceptors (Lipinski definition) is 2. The molecule has 0 spiro atoms. The standard InChI is InChI=1S/C10H23NOS/c1-4-5-6-8-13(12)9-7-11-10(2)3/h10-11H,4-9H2,1-3H3. The van der Waals surface area contributed by atoms with E-state index in [9.17, 15) is 4.21 Å². The maximum atomic E-state index is 11.4. The van der Waals surface area contributed by atoms with E-state index in [0.717, 1.165) is 24.5 Å². The van der Waals surface area contributed by atoms with Crippen molar-refractivity contribution in [1.29, 1.82) is 0 Å². The fraction of sp³-hybridized carbons (Fsp3) is 1.00. The minimum absolute atomic E-state index is 0.507. The molecule has 1 atom stereocenters. The Bertz CT molecular complexity index is 137. The lowest BCUT2D eigenvalue weighted by Crippen LogP contribution is -2.27. The molecule has 3 heteroatoms. The predicted octanol–water partition coefficient (Wildman–Crippen LogP) is 1.92. The molecule has 0 aliphatic carbocycles. The van der Waals surface area contributed by atoms with E-state index in [2.05, 4.69) is 26.1 Å². The van der Waals surface area contributed by atoms with Gasteiger partial charge in [-0.3, -0.25) is 4.21 Å². The van der Waals surface area contributed by atoms with Crippen LogP contribution in [0.1, 0.15) is 40.0 Å². The Balaban J connectivity index is 3.20. The van der Waals surface area contributed by atoms with Crippen molar-refractivity contribution in [2.24, 2.45) is 0 Å². The minimum Gasteiger partial charge on any atom is -0.314 e. The molecule has 0 fully saturated rings. The van der Waals surface area contributed by atoms with Crippen molar-refractivity contribution < 1.29 is 4.21 Å². The second-order valence-corrected chi connectivity index (χ2v) is 5.36. The van der Waals surface area contributed by atoms with Crippen LogP contribution in [0.4, 0.5) is 0 Å². The third kappa shape index (κ3) is 10.0. The molecule has 0 rings (SSSR count). The van der Waals surface area contributed by atoms with Crippen LogP contribution in [-0.2, 0) is 10.8 Å². The van der Waals surface area contributed by atoms with Gasteiger partial charge in [0.05, 0.1) is 0 Å². The summed E-state index contributed by atoms with van der Waals surface area (Å²) in [5.74, 6) is 1.69. The van der Waals surface area contributed by atoms with Gasteiger partial charge in [0.25, 0.3) is 0 Å². The summed E-state index contributed by atoms with van der Waals surface area (Å²) in [5, 5.41) is 3.27. The quantitative estimate of drug-likeness (QED) is 0.613. The Morgan fingerprint density at radius 3 is 2.46 bits per heavy atom. The summed E-state index contributed by atoms with van der Waals surface area (Å²) in [6, 6.07) is 0.507. The first-order chi connectivity index (χ1) is 6.16. The summed E-state index contributed by atoms with van der Waals surface area (Å²) in [5.41, 5.74) is 0. The largest absolute Gasteiger partial charge is 0.314 e. The Morgan fingerprint density at radius 1 is 1.23 bits per heavy atom. The zero-order chi connectivity index (χ0) is 10.1. The molecule has 0 bridgehead atoms. The van der Waals surface area contributed by atoms with E-state index in [0.29, 0.717) is 6.04 Å². The molecular formula is C10H23NOS. The molecule has 0 aliphatic heterocycles. The Morgan fingerprint density at radius 2 is 1.92 bits per heavy atom. The van der Waals surface area contributed by atoms with Crippen molar-refractivity contribution in [1.82, 2.24) is 5.32 Å². The highest BCUT2D eigenvalue weighted by atomic mass is 32.2. The van der Waals surface area contributed by atoms with Gasteiger partial charge in [0.1, 0.15) is 0 Å². The van der Waals surface area contributed by atoms with Gasteiger partial charge in [-0.15, -0.1) is 0 Å². The summed E-state index contributed by atoms with van der Waals surface area (Å²) in [6.07, 6.45) is 3.54. The summed E-state index contributed by atoms with van der Waals surface area (Å²) < 4.78 is 11.4. The van der Waals surface area contributed by atoms with Gasteiger partial charge < -0.3 is 5.32 Å². The molecule has 0 aromatic carbocycles. The van der Waals surface area contributed by atoms with Crippen molar-refractivity contribution in [2.75, 3.05) is 18.1 Å². The molecule has 0 saturated carbocycles. The summed E-state index contributed by atoms with van der Waals surface area (Å²) in [7, 11) is -0.600. The van der Waals surface area contributed by atoms with Gasteiger partial charge in [0.15, 0.2) is 0 Å².